The Hall–Kier alpha value is -4.32. The number of nitrogens with zero attached hydrogens (tertiary/aromatic N) is 4. The molecule has 0 radical (unpaired) electrons. The van der Waals surface area contributed by atoms with E-state index in [9.17, 15) is 23.2 Å². The first-order valence-electron chi connectivity index (χ1n) is 13.2. The van der Waals surface area contributed by atoms with Crippen LogP contribution >= 0.6 is 0 Å². The Bertz CT molecular complexity index is 1430. The van der Waals surface area contributed by atoms with Crippen LogP contribution in [0.15, 0.2) is 59.5 Å². The van der Waals surface area contributed by atoms with Gasteiger partial charge in [0.15, 0.2) is 0 Å². The van der Waals surface area contributed by atoms with Crippen molar-refractivity contribution >= 4 is 17.9 Å². The molecular formula is C29H33F2N5O5. The van der Waals surface area contributed by atoms with E-state index in [-0.39, 0.29) is 35.9 Å². The molecule has 1 N–H and O–H groups in total. The first-order valence-corrected chi connectivity index (χ1v) is 13.2. The third-order valence-electron chi connectivity index (χ3n) is 6.20. The number of carbonyl (C=O) groups is 2. The van der Waals surface area contributed by atoms with Crippen molar-refractivity contribution in [1.29, 1.82) is 0 Å². The van der Waals surface area contributed by atoms with Crippen molar-refractivity contribution in [3.05, 3.63) is 87.8 Å². The molecule has 3 aromatic rings. The van der Waals surface area contributed by atoms with Crippen LogP contribution in [0.4, 0.5) is 24.1 Å². The molecule has 218 valence electrons. The van der Waals surface area contributed by atoms with E-state index in [1.165, 1.54) is 16.9 Å². The monoisotopic (exact) mass is 569 g/mol. The number of anilines is 1. The Kier molecular flexibility index (Phi) is 9.33. The SMILES string of the molecule is CC(C)(C)OC(=O)N1CCN(CCOC(=O)Nc2cccc(Cc3nn(-c4cc(F)cc(F)c4)ccc3=O)c2)CC1. The average molecular weight is 570 g/mol. The summed E-state index contributed by atoms with van der Waals surface area (Å²) in [5.41, 5.74) is 0.611. The van der Waals surface area contributed by atoms with Crippen LogP contribution in [0.1, 0.15) is 32.0 Å². The predicted molar refractivity (Wildman–Crippen MR) is 148 cm³/mol. The molecule has 0 saturated carbocycles. The summed E-state index contributed by atoms with van der Waals surface area (Å²) in [5.74, 6) is -1.51. The van der Waals surface area contributed by atoms with Gasteiger partial charge in [0.2, 0.25) is 5.43 Å². The first kappa shape index (κ1) is 29.7. The van der Waals surface area contributed by atoms with E-state index in [0.717, 1.165) is 18.2 Å². The van der Waals surface area contributed by atoms with Gasteiger partial charge < -0.3 is 14.4 Å². The number of hydrogen-bond donors (Lipinski definition) is 1. The lowest BCUT2D eigenvalue weighted by atomic mass is 10.1. The number of hydrogen-bond acceptors (Lipinski definition) is 7. The van der Waals surface area contributed by atoms with E-state index in [0.29, 0.717) is 44.0 Å². The number of piperazine rings is 1. The molecule has 1 fully saturated rings. The van der Waals surface area contributed by atoms with Crippen LogP contribution in [0.3, 0.4) is 0 Å². The molecule has 0 bridgehead atoms. The van der Waals surface area contributed by atoms with Crippen molar-refractivity contribution in [1.82, 2.24) is 19.6 Å². The standard InChI is InChI=1S/C29H33F2N5O5/c1-29(2,3)41-28(39)35-11-9-34(10-12-35)13-14-40-27(38)32-23-6-4-5-20(15-23)16-25-26(37)7-8-36(33-25)24-18-21(30)17-22(31)19-24/h4-8,15,17-19H,9-14,16H2,1-3H3,(H,32,38). The quantitative estimate of drug-likeness (QED) is 0.455. The van der Waals surface area contributed by atoms with Crippen molar-refractivity contribution in [2.45, 2.75) is 32.8 Å². The van der Waals surface area contributed by atoms with E-state index in [4.69, 9.17) is 9.47 Å². The topological polar surface area (TPSA) is 106 Å². The van der Waals surface area contributed by atoms with Gasteiger partial charge in [0.25, 0.3) is 0 Å². The number of carbonyl (C=O) groups excluding carboxylic acids is 2. The minimum absolute atomic E-state index is 0.136. The van der Waals surface area contributed by atoms with Gasteiger partial charge in [-0.3, -0.25) is 15.0 Å². The molecule has 1 aliphatic heterocycles. The third kappa shape index (κ3) is 8.84. The average Bonchev–Trinajstić information content (AvgIpc) is 2.89. The van der Waals surface area contributed by atoms with Crippen molar-refractivity contribution in [2.24, 2.45) is 0 Å². The lowest BCUT2D eigenvalue weighted by molar-refractivity contribution is 0.0133. The Morgan fingerprint density at radius 2 is 1.71 bits per heavy atom. The number of halogens is 2. The van der Waals surface area contributed by atoms with Crippen molar-refractivity contribution in [2.75, 3.05) is 44.6 Å². The number of ether oxygens (including phenoxy) is 2. The molecular weight excluding hydrogens is 536 g/mol. The maximum absolute atomic E-state index is 13.6. The second-order valence-electron chi connectivity index (χ2n) is 10.6. The molecule has 1 aromatic heterocycles. The molecule has 2 amide bonds. The van der Waals surface area contributed by atoms with Crippen LogP contribution in [0, 0.1) is 11.6 Å². The summed E-state index contributed by atoms with van der Waals surface area (Å²) in [6.07, 6.45) is 0.528. The first-order chi connectivity index (χ1) is 19.4. The second-order valence-corrected chi connectivity index (χ2v) is 10.6. The summed E-state index contributed by atoms with van der Waals surface area (Å²) in [6, 6.07) is 11.1. The summed E-state index contributed by atoms with van der Waals surface area (Å²) < 4.78 is 39.2. The molecule has 1 aliphatic rings. The molecule has 41 heavy (non-hydrogen) atoms. The number of aromatic nitrogens is 2. The summed E-state index contributed by atoms with van der Waals surface area (Å²) in [6.45, 7) is 8.56. The van der Waals surface area contributed by atoms with Crippen molar-refractivity contribution in [3.8, 4) is 5.69 Å². The van der Waals surface area contributed by atoms with E-state index < -0.39 is 23.3 Å². The van der Waals surface area contributed by atoms with Crippen LogP contribution in [0.25, 0.3) is 5.69 Å². The fraction of sp³-hybridized carbons (Fsp3) is 0.379. The smallest absolute Gasteiger partial charge is 0.411 e. The van der Waals surface area contributed by atoms with Gasteiger partial charge in [0.05, 0.1) is 5.69 Å². The van der Waals surface area contributed by atoms with Gasteiger partial charge in [0, 0.05) is 63.2 Å². The van der Waals surface area contributed by atoms with Gasteiger partial charge in [-0.2, -0.15) is 5.10 Å². The minimum Gasteiger partial charge on any atom is -0.448 e. The zero-order valence-electron chi connectivity index (χ0n) is 23.2. The molecule has 0 spiro atoms. The fourth-order valence-corrected chi connectivity index (χ4v) is 4.24. The van der Waals surface area contributed by atoms with Gasteiger partial charge in [0.1, 0.15) is 29.5 Å². The zero-order chi connectivity index (χ0) is 29.6. The Labute approximate surface area is 236 Å². The van der Waals surface area contributed by atoms with Gasteiger partial charge in [-0.15, -0.1) is 0 Å². The summed E-state index contributed by atoms with van der Waals surface area (Å²) in [5, 5.41) is 6.93. The summed E-state index contributed by atoms with van der Waals surface area (Å²) in [7, 11) is 0. The maximum atomic E-state index is 13.6. The lowest BCUT2D eigenvalue weighted by Gasteiger charge is -2.35. The molecule has 2 aromatic carbocycles. The van der Waals surface area contributed by atoms with Crippen molar-refractivity contribution in [3.63, 3.8) is 0 Å². The molecule has 0 unspecified atom stereocenters. The largest absolute Gasteiger partial charge is 0.448 e. The van der Waals surface area contributed by atoms with E-state index in [2.05, 4.69) is 15.3 Å². The molecule has 12 heteroatoms. The highest BCUT2D eigenvalue weighted by Crippen LogP contribution is 2.16. The lowest BCUT2D eigenvalue weighted by Crippen LogP contribution is -2.50. The predicted octanol–water partition coefficient (Wildman–Crippen LogP) is 4.20. The molecule has 10 nitrogen and oxygen atoms in total. The molecule has 2 heterocycles. The molecule has 0 aliphatic carbocycles. The Morgan fingerprint density at radius 1 is 1.00 bits per heavy atom. The van der Waals surface area contributed by atoms with Gasteiger partial charge in [-0.05, 0) is 50.6 Å². The number of nitrogens with one attached hydrogen (secondary N) is 1. The molecule has 4 rings (SSSR count). The summed E-state index contributed by atoms with van der Waals surface area (Å²) in [4.78, 5) is 40.7. The number of amides is 2. The van der Waals surface area contributed by atoms with Crippen LogP contribution in [0.5, 0.6) is 0 Å². The number of benzene rings is 2. The van der Waals surface area contributed by atoms with Crippen LogP contribution in [-0.2, 0) is 15.9 Å². The van der Waals surface area contributed by atoms with Gasteiger partial charge >= 0.3 is 12.2 Å². The minimum atomic E-state index is -0.756. The maximum Gasteiger partial charge on any atom is 0.411 e. The van der Waals surface area contributed by atoms with Gasteiger partial charge in [-0.1, -0.05) is 12.1 Å². The Balaban J connectivity index is 1.26. The highest BCUT2D eigenvalue weighted by molar-refractivity contribution is 5.84. The van der Waals surface area contributed by atoms with Crippen molar-refractivity contribution < 1.29 is 27.8 Å². The fourth-order valence-electron chi connectivity index (χ4n) is 4.24. The third-order valence-corrected chi connectivity index (χ3v) is 6.20. The Morgan fingerprint density at radius 3 is 2.39 bits per heavy atom. The molecule has 0 atom stereocenters. The van der Waals surface area contributed by atoms with Crippen LogP contribution < -0.4 is 10.7 Å². The zero-order valence-corrected chi connectivity index (χ0v) is 23.2. The van der Waals surface area contributed by atoms with Crippen LogP contribution in [-0.4, -0.2) is 76.7 Å². The van der Waals surface area contributed by atoms with E-state index >= 15 is 0 Å². The normalized spacial score (nSPS) is 14.0. The van der Waals surface area contributed by atoms with Gasteiger partial charge in [-0.25, -0.2) is 23.1 Å². The summed E-state index contributed by atoms with van der Waals surface area (Å²) >= 11 is 0. The second kappa shape index (κ2) is 12.9. The van der Waals surface area contributed by atoms with E-state index in [1.807, 2.05) is 20.8 Å². The van der Waals surface area contributed by atoms with Crippen LogP contribution in [0.2, 0.25) is 0 Å². The number of rotatable bonds is 7. The highest BCUT2D eigenvalue weighted by atomic mass is 19.1. The molecule has 1 saturated heterocycles. The van der Waals surface area contributed by atoms with E-state index in [1.54, 1.807) is 29.2 Å². The highest BCUT2D eigenvalue weighted by Gasteiger charge is 2.25.